The average molecular weight is 291 g/mol. The lowest BCUT2D eigenvalue weighted by Gasteiger charge is -2.14. The van der Waals surface area contributed by atoms with E-state index in [4.69, 9.17) is 11.6 Å². The van der Waals surface area contributed by atoms with Crippen LogP contribution in [0.4, 0.5) is 18.9 Å². The number of nitrogens with zero attached hydrogens (tertiary/aromatic N) is 3. The van der Waals surface area contributed by atoms with Crippen LogP contribution in [0, 0.1) is 0 Å². The van der Waals surface area contributed by atoms with Crippen LogP contribution >= 0.6 is 11.6 Å². The number of hydrogen-bond donors (Lipinski definition) is 1. The van der Waals surface area contributed by atoms with Gasteiger partial charge in [0.1, 0.15) is 5.69 Å². The van der Waals surface area contributed by atoms with Crippen molar-refractivity contribution in [2.45, 2.75) is 12.7 Å². The van der Waals surface area contributed by atoms with Crippen molar-refractivity contribution >= 4 is 17.3 Å². The first-order valence-corrected chi connectivity index (χ1v) is 5.70. The van der Waals surface area contributed by atoms with Crippen molar-refractivity contribution in [1.29, 1.82) is 0 Å². The standard InChI is InChI=1S/C11H10ClF3N4/c1-19-6-8(17-18-19)5-16-10-3-2-7(12)4-9(10)11(13,14)15/h2-4,6,16H,5H2,1H3. The van der Waals surface area contributed by atoms with E-state index in [1.54, 1.807) is 13.2 Å². The quantitative estimate of drug-likeness (QED) is 0.944. The number of alkyl halides is 3. The summed E-state index contributed by atoms with van der Waals surface area (Å²) in [4.78, 5) is 0. The number of halogens is 4. The molecule has 4 nitrogen and oxygen atoms in total. The summed E-state index contributed by atoms with van der Waals surface area (Å²) in [6.07, 6.45) is -2.84. The Labute approximate surface area is 112 Å². The summed E-state index contributed by atoms with van der Waals surface area (Å²) in [6.45, 7) is 0.151. The van der Waals surface area contributed by atoms with E-state index in [0.29, 0.717) is 5.69 Å². The van der Waals surface area contributed by atoms with Crippen molar-refractivity contribution in [1.82, 2.24) is 15.0 Å². The molecular formula is C11H10ClF3N4. The van der Waals surface area contributed by atoms with Crippen molar-refractivity contribution in [3.8, 4) is 0 Å². The van der Waals surface area contributed by atoms with E-state index in [1.165, 1.54) is 16.8 Å². The van der Waals surface area contributed by atoms with Gasteiger partial charge in [-0.25, -0.2) is 0 Å². The molecule has 8 heteroatoms. The smallest absolute Gasteiger partial charge is 0.379 e. The number of rotatable bonds is 3. The fraction of sp³-hybridized carbons (Fsp3) is 0.273. The predicted molar refractivity (Wildman–Crippen MR) is 64.8 cm³/mol. The first-order valence-electron chi connectivity index (χ1n) is 5.32. The molecule has 0 aliphatic carbocycles. The lowest BCUT2D eigenvalue weighted by molar-refractivity contribution is -0.136. The first-order chi connectivity index (χ1) is 8.86. The molecule has 0 aliphatic heterocycles. The topological polar surface area (TPSA) is 42.7 Å². The van der Waals surface area contributed by atoms with Gasteiger partial charge in [-0.3, -0.25) is 4.68 Å². The highest BCUT2D eigenvalue weighted by Crippen LogP contribution is 2.36. The van der Waals surface area contributed by atoms with Crippen LogP contribution < -0.4 is 5.32 Å². The third-order valence-electron chi connectivity index (χ3n) is 2.40. The minimum Gasteiger partial charge on any atom is -0.379 e. The van der Waals surface area contributed by atoms with Gasteiger partial charge in [-0.05, 0) is 18.2 Å². The van der Waals surface area contributed by atoms with E-state index >= 15 is 0 Å². The Kier molecular flexibility index (Phi) is 3.66. The second-order valence-corrected chi connectivity index (χ2v) is 4.36. The third kappa shape index (κ3) is 3.37. The molecule has 0 amide bonds. The Hall–Kier alpha value is -1.76. The fourth-order valence-corrected chi connectivity index (χ4v) is 1.74. The molecule has 0 aliphatic rings. The molecule has 0 spiro atoms. The van der Waals surface area contributed by atoms with Crippen LogP contribution in [0.5, 0.6) is 0 Å². The summed E-state index contributed by atoms with van der Waals surface area (Å²) in [7, 11) is 1.68. The van der Waals surface area contributed by atoms with Crippen molar-refractivity contribution in [2.75, 3.05) is 5.32 Å². The van der Waals surface area contributed by atoms with Gasteiger partial charge in [-0.15, -0.1) is 5.10 Å². The van der Waals surface area contributed by atoms with E-state index in [2.05, 4.69) is 15.6 Å². The molecule has 1 N–H and O–H groups in total. The van der Waals surface area contributed by atoms with Crippen LogP contribution in [-0.4, -0.2) is 15.0 Å². The Morgan fingerprint density at radius 3 is 2.68 bits per heavy atom. The van der Waals surface area contributed by atoms with Gasteiger partial charge in [-0.2, -0.15) is 13.2 Å². The van der Waals surface area contributed by atoms with Gasteiger partial charge in [0.05, 0.1) is 12.1 Å². The predicted octanol–water partition coefficient (Wildman–Crippen LogP) is 3.10. The van der Waals surface area contributed by atoms with E-state index in [-0.39, 0.29) is 17.3 Å². The summed E-state index contributed by atoms with van der Waals surface area (Å²) in [5.41, 5.74) is -0.294. The maximum Gasteiger partial charge on any atom is 0.418 e. The molecule has 0 atom stereocenters. The molecule has 0 bridgehead atoms. The Morgan fingerprint density at radius 1 is 1.37 bits per heavy atom. The summed E-state index contributed by atoms with van der Waals surface area (Å²) in [5, 5.41) is 10.2. The number of aryl methyl sites for hydroxylation is 1. The van der Waals surface area contributed by atoms with Gasteiger partial charge in [-0.1, -0.05) is 16.8 Å². The SMILES string of the molecule is Cn1cc(CNc2ccc(Cl)cc2C(F)(F)F)nn1. The summed E-state index contributed by atoms with van der Waals surface area (Å²) >= 11 is 5.59. The van der Waals surface area contributed by atoms with Gasteiger partial charge < -0.3 is 5.32 Å². The Balaban J connectivity index is 2.20. The van der Waals surface area contributed by atoms with E-state index in [0.717, 1.165) is 6.07 Å². The molecule has 102 valence electrons. The third-order valence-corrected chi connectivity index (χ3v) is 2.63. The minimum atomic E-state index is -4.46. The van der Waals surface area contributed by atoms with Crippen molar-refractivity contribution in [3.05, 3.63) is 40.7 Å². The van der Waals surface area contributed by atoms with E-state index in [9.17, 15) is 13.2 Å². The number of anilines is 1. The highest BCUT2D eigenvalue weighted by Gasteiger charge is 2.33. The first kappa shape index (κ1) is 13.7. The summed E-state index contributed by atoms with van der Waals surface area (Å²) in [5.74, 6) is 0. The maximum atomic E-state index is 12.8. The summed E-state index contributed by atoms with van der Waals surface area (Å²) < 4.78 is 40.0. The summed E-state index contributed by atoms with van der Waals surface area (Å²) in [6, 6.07) is 3.58. The lowest BCUT2D eigenvalue weighted by Crippen LogP contribution is -2.11. The maximum absolute atomic E-state index is 12.8. The van der Waals surface area contributed by atoms with Crippen LogP contribution in [0.25, 0.3) is 0 Å². The monoisotopic (exact) mass is 290 g/mol. The fourth-order valence-electron chi connectivity index (χ4n) is 1.57. The largest absolute Gasteiger partial charge is 0.418 e. The van der Waals surface area contributed by atoms with Crippen LogP contribution in [0.15, 0.2) is 24.4 Å². The molecule has 1 aromatic heterocycles. The van der Waals surface area contributed by atoms with Crippen molar-refractivity contribution < 1.29 is 13.2 Å². The van der Waals surface area contributed by atoms with Crippen molar-refractivity contribution in [3.63, 3.8) is 0 Å². The minimum absolute atomic E-state index is 0.0392. The molecular weight excluding hydrogens is 281 g/mol. The number of benzene rings is 1. The Bertz CT molecular complexity index is 580. The molecule has 0 saturated carbocycles. The number of aromatic nitrogens is 3. The molecule has 0 fully saturated rings. The molecule has 0 unspecified atom stereocenters. The molecule has 2 aromatic rings. The molecule has 2 rings (SSSR count). The highest BCUT2D eigenvalue weighted by molar-refractivity contribution is 6.30. The van der Waals surface area contributed by atoms with Gasteiger partial charge >= 0.3 is 6.18 Å². The number of nitrogens with one attached hydrogen (secondary N) is 1. The second kappa shape index (κ2) is 5.08. The molecule has 1 aromatic carbocycles. The average Bonchev–Trinajstić information content (AvgIpc) is 2.72. The zero-order chi connectivity index (χ0) is 14.0. The van der Waals surface area contributed by atoms with Crippen LogP contribution in [-0.2, 0) is 19.8 Å². The van der Waals surface area contributed by atoms with Crippen LogP contribution in [0.2, 0.25) is 5.02 Å². The van der Waals surface area contributed by atoms with Crippen LogP contribution in [0.3, 0.4) is 0 Å². The van der Waals surface area contributed by atoms with Gasteiger partial charge in [0.2, 0.25) is 0 Å². The Morgan fingerprint density at radius 2 is 2.11 bits per heavy atom. The van der Waals surface area contributed by atoms with Gasteiger partial charge in [0.15, 0.2) is 0 Å². The van der Waals surface area contributed by atoms with Gasteiger partial charge in [0.25, 0.3) is 0 Å². The molecule has 0 saturated heterocycles. The molecule has 19 heavy (non-hydrogen) atoms. The molecule has 0 radical (unpaired) electrons. The van der Waals surface area contributed by atoms with Crippen LogP contribution in [0.1, 0.15) is 11.3 Å². The van der Waals surface area contributed by atoms with E-state index in [1.807, 2.05) is 0 Å². The van der Waals surface area contributed by atoms with Crippen molar-refractivity contribution in [2.24, 2.45) is 7.05 Å². The second-order valence-electron chi connectivity index (χ2n) is 3.92. The number of hydrogen-bond acceptors (Lipinski definition) is 3. The lowest BCUT2D eigenvalue weighted by atomic mass is 10.1. The highest BCUT2D eigenvalue weighted by atomic mass is 35.5. The normalized spacial score (nSPS) is 11.6. The van der Waals surface area contributed by atoms with Gasteiger partial charge in [0, 0.05) is 24.0 Å². The zero-order valence-corrected chi connectivity index (χ0v) is 10.6. The zero-order valence-electron chi connectivity index (χ0n) is 9.87. The van der Waals surface area contributed by atoms with E-state index < -0.39 is 11.7 Å². The molecule has 1 heterocycles.